The van der Waals surface area contributed by atoms with E-state index in [0.717, 1.165) is 0 Å². The third-order valence-corrected chi connectivity index (χ3v) is 3.04. The average molecular weight is 301 g/mol. The van der Waals surface area contributed by atoms with E-state index >= 15 is 0 Å². The van der Waals surface area contributed by atoms with Gasteiger partial charge in [0.1, 0.15) is 0 Å². The molecule has 1 fully saturated rings. The number of aliphatic carboxylic acids is 2. The number of hydrogen-bond acceptors (Lipinski definition) is 5. The number of carboxylic acid groups (broad SMARTS) is 2. The Morgan fingerprint density at radius 3 is 2.10 bits per heavy atom. The van der Waals surface area contributed by atoms with Crippen LogP contribution in [0.3, 0.4) is 0 Å². The number of rotatable bonds is 5. The average Bonchev–Trinajstić information content (AvgIpc) is 2.59. The van der Waals surface area contributed by atoms with Gasteiger partial charge >= 0.3 is 11.9 Å². The summed E-state index contributed by atoms with van der Waals surface area (Å²) in [4.78, 5) is 26.4. The molecule has 0 radical (unpaired) electrons. The summed E-state index contributed by atoms with van der Waals surface area (Å²) in [6.45, 7) is 7.42. The van der Waals surface area contributed by atoms with Crippen molar-refractivity contribution in [1.29, 1.82) is 0 Å². The number of likely N-dealkylation sites (N-methyl/N-ethyl adjacent to an activating group) is 2. The number of carboxylic acids is 2. The smallest absolute Gasteiger partial charge is 0.328 e. The fourth-order valence-corrected chi connectivity index (χ4v) is 1.81. The lowest BCUT2D eigenvalue weighted by molar-refractivity contribution is -0.134. The first kappa shape index (κ1) is 19.6. The van der Waals surface area contributed by atoms with Gasteiger partial charge in [0.05, 0.1) is 0 Å². The van der Waals surface area contributed by atoms with Gasteiger partial charge in [0.15, 0.2) is 0 Å². The van der Waals surface area contributed by atoms with Crippen LogP contribution < -0.4 is 0 Å². The summed E-state index contributed by atoms with van der Waals surface area (Å²) in [6.07, 6.45) is 2.44. The van der Waals surface area contributed by atoms with Crippen LogP contribution in [0.1, 0.15) is 6.42 Å². The van der Waals surface area contributed by atoms with Gasteiger partial charge in [0.25, 0.3) is 0 Å². The van der Waals surface area contributed by atoms with Crippen LogP contribution in [0, 0.1) is 0 Å². The molecule has 0 aromatic carbocycles. The zero-order valence-electron chi connectivity index (χ0n) is 13.2. The third kappa shape index (κ3) is 13.3. The van der Waals surface area contributed by atoms with Crippen molar-refractivity contribution in [2.75, 3.05) is 60.4 Å². The molecule has 0 aliphatic carbocycles. The van der Waals surface area contributed by atoms with E-state index in [0.29, 0.717) is 12.2 Å². The van der Waals surface area contributed by atoms with Crippen LogP contribution in [0.2, 0.25) is 0 Å². The molecular weight excluding hydrogens is 274 g/mol. The molecule has 1 saturated heterocycles. The molecule has 21 heavy (non-hydrogen) atoms. The first-order chi connectivity index (χ1) is 9.81. The number of hydrogen-bond donors (Lipinski definition) is 2. The fraction of sp³-hybridized carbons (Fsp3) is 0.714. The first-order valence-corrected chi connectivity index (χ1v) is 7.01. The lowest BCUT2D eigenvalue weighted by Crippen LogP contribution is -2.34. The minimum Gasteiger partial charge on any atom is -0.478 e. The largest absolute Gasteiger partial charge is 0.478 e. The van der Waals surface area contributed by atoms with Gasteiger partial charge in [0.2, 0.25) is 0 Å². The van der Waals surface area contributed by atoms with Crippen LogP contribution in [0.25, 0.3) is 0 Å². The van der Waals surface area contributed by atoms with Gasteiger partial charge in [-0.2, -0.15) is 0 Å². The van der Waals surface area contributed by atoms with Crippen LogP contribution in [0.5, 0.6) is 0 Å². The van der Waals surface area contributed by atoms with Gasteiger partial charge in [-0.3, -0.25) is 0 Å². The van der Waals surface area contributed by atoms with Crippen molar-refractivity contribution in [3.63, 3.8) is 0 Å². The monoisotopic (exact) mass is 301 g/mol. The van der Waals surface area contributed by atoms with E-state index in [1.54, 1.807) is 0 Å². The third-order valence-electron chi connectivity index (χ3n) is 3.04. The topological polar surface area (TPSA) is 84.3 Å². The Hall–Kier alpha value is -1.44. The van der Waals surface area contributed by atoms with Crippen LogP contribution in [-0.4, -0.2) is 97.3 Å². The maximum atomic E-state index is 9.55. The normalized spacial score (nSPS) is 17.3. The summed E-state index contributed by atoms with van der Waals surface area (Å²) in [5, 5.41) is 15.6. The highest BCUT2D eigenvalue weighted by atomic mass is 16.4. The summed E-state index contributed by atoms with van der Waals surface area (Å²) in [5.74, 6) is -2.51. The second-order valence-corrected chi connectivity index (χ2v) is 5.31. The second-order valence-electron chi connectivity index (χ2n) is 5.31. The molecular formula is C14H27N3O4. The highest BCUT2D eigenvalue weighted by molar-refractivity contribution is 5.89. The first-order valence-electron chi connectivity index (χ1n) is 7.01. The summed E-state index contributed by atoms with van der Waals surface area (Å²) in [6, 6.07) is 0. The number of nitrogens with zero attached hydrogens (tertiary/aromatic N) is 3. The van der Waals surface area contributed by atoms with Crippen molar-refractivity contribution < 1.29 is 19.8 Å². The van der Waals surface area contributed by atoms with Crippen molar-refractivity contribution in [3.05, 3.63) is 12.2 Å². The van der Waals surface area contributed by atoms with E-state index in [2.05, 4.69) is 35.8 Å². The predicted octanol–water partition coefficient (Wildman–Crippen LogP) is -0.103. The van der Waals surface area contributed by atoms with E-state index in [9.17, 15) is 9.59 Å². The molecule has 0 atom stereocenters. The molecule has 0 spiro atoms. The molecule has 1 aliphatic rings. The molecule has 0 unspecified atom stereocenters. The van der Waals surface area contributed by atoms with Gasteiger partial charge < -0.3 is 24.9 Å². The quantitative estimate of drug-likeness (QED) is 0.686. The molecule has 122 valence electrons. The van der Waals surface area contributed by atoms with Gasteiger partial charge in [-0.25, -0.2) is 9.59 Å². The maximum Gasteiger partial charge on any atom is 0.328 e. The lowest BCUT2D eigenvalue weighted by atomic mass is 10.4. The highest BCUT2D eigenvalue weighted by Crippen LogP contribution is 2.00. The molecule has 1 rings (SSSR count). The van der Waals surface area contributed by atoms with Crippen LogP contribution >= 0.6 is 0 Å². The molecule has 0 aromatic rings. The molecule has 0 bridgehead atoms. The molecule has 0 saturated carbocycles. The van der Waals surface area contributed by atoms with Crippen molar-refractivity contribution in [2.45, 2.75) is 6.42 Å². The minimum absolute atomic E-state index is 0.558. The summed E-state index contributed by atoms with van der Waals surface area (Å²) < 4.78 is 0. The Bertz CT molecular complexity index is 329. The fourth-order valence-electron chi connectivity index (χ4n) is 1.81. The maximum absolute atomic E-state index is 9.55. The van der Waals surface area contributed by atoms with Crippen molar-refractivity contribution in [3.8, 4) is 0 Å². The Morgan fingerprint density at radius 1 is 1.05 bits per heavy atom. The molecule has 1 aliphatic heterocycles. The molecule has 0 aromatic heterocycles. The van der Waals surface area contributed by atoms with E-state index in [-0.39, 0.29) is 0 Å². The van der Waals surface area contributed by atoms with Gasteiger partial charge in [-0.15, -0.1) is 0 Å². The van der Waals surface area contributed by atoms with Crippen molar-refractivity contribution >= 4 is 11.9 Å². The highest BCUT2D eigenvalue weighted by Gasteiger charge is 2.11. The van der Waals surface area contributed by atoms with E-state index < -0.39 is 11.9 Å². The van der Waals surface area contributed by atoms with Crippen molar-refractivity contribution in [2.24, 2.45) is 0 Å². The Balaban J connectivity index is 0.000000433. The summed E-state index contributed by atoms with van der Waals surface area (Å²) >= 11 is 0. The molecule has 2 N–H and O–H groups in total. The molecule has 0 amide bonds. The molecule has 1 heterocycles. The van der Waals surface area contributed by atoms with Gasteiger partial charge in [-0.1, -0.05) is 0 Å². The van der Waals surface area contributed by atoms with Crippen molar-refractivity contribution in [1.82, 2.24) is 14.7 Å². The van der Waals surface area contributed by atoms with Gasteiger partial charge in [0, 0.05) is 38.3 Å². The predicted molar refractivity (Wildman–Crippen MR) is 81.5 cm³/mol. The van der Waals surface area contributed by atoms with Crippen LogP contribution in [0.15, 0.2) is 12.2 Å². The second kappa shape index (κ2) is 11.2. The zero-order valence-corrected chi connectivity index (χ0v) is 13.2. The Labute approximate surface area is 126 Å². The van der Waals surface area contributed by atoms with Crippen LogP contribution in [0.4, 0.5) is 0 Å². The Morgan fingerprint density at radius 2 is 1.62 bits per heavy atom. The zero-order chi connectivity index (χ0) is 16.3. The minimum atomic E-state index is -1.26. The summed E-state index contributed by atoms with van der Waals surface area (Å²) in [7, 11) is 6.50. The van der Waals surface area contributed by atoms with Crippen LogP contribution in [-0.2, 0) is 9.59 Å². The van der Waals surface area contributed by atoms with E-state index in [1.165, 1.54) is 45.7 Å². The molecule has 7 nitrogen and oxygen atoms in total. The molecule has 7 heteroatoms. The lowest BCUT2D eigenvalue weighted by Gasteiger charge is -2.21. The standard InChI is InChI=1S/C10H23N3.C4H4O4/c1-11(2)7-9-13-6-4-5-12(3)8-10-13;5-3(6)1-2-4(7)8/h4-10H2,1-3H3;1-2H,(H,5,6)(H,7,8)/b;2-1+. The van der Waals surface area contributed by atoms with E-state index in [1.807, 2.05) is 0 Å². The SMILES string of the molecule is CN(C)CCN1CCCN(C)CC1.O=C(O)/C=C/C(=O)O. The van der Waals surface area contributed by atoms with E-state index in [4.69, 9.17) is 10.2 Å². The number of carbonyl (C=O) groups is 2. The summed E-state index contributed by atoms with van der Waals surface area (Å²) in [5.41, 5.74) is 0. The Kier molecular flexibility index (Phi) is 10.5. The van der Waals surface area contributed by atoms with Gasteiger partial charge in [-0.05, 0) is 40.7 Å².